The highest BCUT2D eigenvalue weighted by molar-refractivity contribution is 5.83. The predicted molar refractivity (Wildman–Crippen MR) is 99.3 cm³/mol. The lowest BCUT2D eigenvalue weighted by Crippen LogP contribution is -2.32. The summed E-state index contributed by atoms with van der Waals surface area (Å²) in [4.78, 5) is 0. The molecule has 24 heavy (non-hydrogen) atoms. The molecule has 0 amide bonds. The van der Waals surface area contributed by atoms with Crippen molar-refractivity contribution in [3.63, 3.8) is 0 Å². The highest BCUT2D eigenvalue weighted by atomic mass is 16.5. The lowest BCUT2D eigenvalue weighted by molar-refractivity contribution is 0.0241. The van der Waals surface area contributed by atoms with Gasteiger partial charge in [-0.05, 0) is 48.6 Å². The van der Waals surface area contributed by atoms with Crippen molar-refractivity contribution in [1.82, 2.24) is 0 Å². The summed E-state index contributed by atoms with van der Waals surface area (Å²) in [7, 11) is 0. The molecule has 1 aliphatic carbocycles. The molecule has 0 saturated heterocycles. The molecule has 120 valence electrons. The Hall–Kier alpha value is -2.38. The molecular weight excluding hydrogens is 292 g/mol. The average Bonchev–Trinajstić information content (AvgIpc) is 2.87. The van der Waals surface area contributed by atoms with Gasteiger partial charge in [0.2, 0.25) is 0 Å². The van der Waals surface area contributed by atoms with Crippen molar-refractivity contribution < 1.29 is 4.74 Å². The van der Waals surface area contributed by atoms with Crippen LogP contribution in [0.5, 0.6) is 0 Å². The molecule has 1 heteroatoms. The second kappa shape index (κ2) is 5.61. The van der Waals surface area contributed by atoms with Crippen LogP contribution in [0.1, 0.15) is 34.7 Å². The quantitative estimate of drug-likeness (QED) is 0.610. The minimum absolute atomic E-state index is 0.517. The number of hydrogen-bond acceptors (Lipinski definition) is 1. The van der Waals surface area contributed by atoms with Gasteiger partial charge in [0.05, 0.1) is 0 Å². The summed E-state index contributed by atoms with van der Waals surface area (Å²) in [5.74, 6) is 0. The van der Waals surface area contributed by atoms with Crippen molar-refractivity contribution >= 4 is 0 Å². The molecule has 0 spiro atoms. The molecule has 0 radical (unpaired) electrons. The third-order valence-corrected chi connectivity index (χ3v) is 5.10. The van der Waals surface area contributed by atoms with Crippen molar-refractivity contribution in [1.29, 1.82) is 0 Å². The molecule has 0 unspecified atom stereocenters. The Morgan fingerprint density at radius 2 is 1.21 bits per heavy atom. The molecule has 1 nitrogen and oxygen atoms in total. The average molecular weight is 314 g/mol. The third-order valence-electron chi connectivity index (χ3n) is 5.10. The molecule has 0 fully saturated rings. The van der Waals surface area contributed by atoms with Gasteiger partial charge in [-0.25, -0.2) is 0 Å². The Labute approximate surface area is 143 Å². The zero-order valence-corrected chi connectivity index (χ0v) is 14.5. The van der Waals surface area contributed by atoms with E-state index in [9.17, 15) is 0 Å². The Morgan fingerprint density at radius 3 is 1.71 bits per heavy atom. The molecule has 0 atom stereocenters. The first-order valence-corrected chi connectivity index (χ1v) is 8.60. The highest BCUT2D eigenvalue weighted by Crippen LogP contribution is 2.54. The van der Waals surface area contributed by atoms with Crippen LogP contribution in [0.2, 0.25) is 0 Å². The molecule has 3 aromatic carbocycles. The molecule has 0 bridgehead atoms. The summed E-state index contributed by atoms with van der Waals surface area (Å²) in [6, 6.07) is 23.8. The first-order valence-electron chi connectivity index (χ1n) is 8.60. The second-order valence-electron chi connectivity index (χ2n) is 6.47. The fourth-order valence-electron chi connectivity index (χ4n) is 4.28. The lowest BCUT2D eigenvalue weighted by atomic mass is 9.79. The summed E-state index contributed by atoms with van der Waals surface area (Å²) in [5.41, 5.74) is 8.38. The van der Waals surface area contributed by atoms with Crippen LogP contribution in [-0.4, -0.2) is 6.61 Å². The molecule has 4 rings (SSSR count). The molecule has 3 aromatic rings. The van der Waals surface area contributed by atoms with Gasteiger partial charge in [-0.2, -0.15) is 0 Å². The molecule has 1 aliphatic rings. The van der Waals surface area contributed by atoms with Crippen molar-refractivity contribution in [2.24, 2.45) is 0 Å². The maximum atomic E-state index is 6.59. The fraction of sp³-hybridized carbons (Fsp3) is 0.217. The van der Waals surface area contributed by atoms with Crippen LogP contribution in [-0.2, 0) is 10.3 Å². The van der Waals surface area contributed by atoms with Gasteiger partial charge < -0.3 is 4.74 Å². The summed E-state index contributed by atoms with van der Waals surface area (Å²) in [6.45, 7) is 7.12. The maximum absolute atomic E-state index is 6.59. The first kappa shape index (κ1) is 15.2. The Bertz CT molecular complexity index is 842. The fourth-order valence-corrected chi connectivity index (χ4v) is 4.28. The number of benzene rings is 3. The van der Waals surface area contributed by atoms with E-state index in [4.69, 9.17) is 4.74 Å². The summed E-state index contributed by atoms with van der Waals surface area (Å²) < 4.78 is 6.59. The van der Waals surface area contributed by atoms with Gasteiger partial charge >= 0.3 is 0 Å². The van der Waals surface area contributed by atoms with Gasteiger partial charge in [-0.15, -0.1) is 0 Å². The minimum Gasteiger partial charge on any atom is -0.361 e. The van der Waals surface area contributed by atoms with E-state index in [0.29, 0.717) is 6.61 Å². The van der Waals surface area contributed by atoms with Gasteiger partial charge in [0.15, 0.2) is 0 Å². The van der Waals surface area contributed by atoms with E-state index >= 15 is 0 Å². The van der Waals surface area contributed by atoms with Crippen LogP contribution in [0.3, 0.4) is 0 Å². The maximum Gasteiger partial charge on any atom is 0.145 e. The lowest BCUT2D eigenvalue weighted by Gasteiger charge is -2.35. The van der Waals surface area contributed by atoms with Crippen LogP contribution in [0.4, 0.5) is 0 Å². The van der Waals surface area contributed by atoms with Gasteiger partial charge in [0.25, 0.3) is 0 Å². The molecule has 0 saturated carbocycles. The molecule has 0 heterocycles. The van der Waals surface area contributed by atoms with Gasteiger partial charge in [-0.3, -0.25) is 0 Å². The number of fused-ring (bicyclic) bond motifs is 3. The van der Waals surface area contributed by atoms with Crippen LogP contribution < -0.4 is 0 Å². The van der Waals surface area contributed by atoms with Crippen molar-refractivity contribution in [2.75, 3.05) is 6.61 Å². The van der Waals surface area contributed by atoms with Crippen LogP contribution in [0, 0.1) is 13.8 Å². The predicted octanol–water partition coefficient (Wildman–Crippen LogP) is 5.61. The second-order valence-corrected chi connectivity index (χ2v) is 6.47. The number of hydrogen-bond donors (Lipinski definition) is 0. The van der Waals surface area contributed by atoms with Gasteiger partial charge in [-0.1, -0.05) is 66.7 Å². The topological polar surface area (TPSA) is 9.23 Å². The van der Waals surface area contributed by atoms with Crippen LogP contribution >= 0.6 is 0 Å². The summed E-state index contributed by atoms with van der Waals surface area (Å²) >= 11 is 0. The van der Waals surface area contributed by atoms with E-state index in [1.807, 2.05) is 0 Å². The molecule has 0 aromatic heterocycles. The van der Waals surface area contributed by atoms with Gasteiger partial charge in [0.1, 0.15) is 5.60 Å². The summed E-state index contributed by atoms with van der Waals surface area (Å²) in [6.07, 6.45) is 0. The van der Waals surface area contributed by atoms with E-state index in [0.717, 1.165) is 0 Å². The zero-order chi connectivity index (χ0) is 16.7. The highest BCUT2D eigenvalue weighted by Gasteiger charge is 2.46. The monoisotopic (exact) mass is 314 g/mol. The van der Waals surface area contributed by atoms with Gasteiger partial charge in [0, 0.05) is 17.7 Å². The van der Waals surface area contributed by atoms with Crippen molar-refractivity contribution in [3.8, 4) is 11.1 Å². The molecular formula is C23H22O. The molecule has 0 aliphatic heterocycles. The van der Waals surface area contributed by atoms with E-state index in [1.165, 1.54) is 38.9 Å². The number of ether oxygens (including phenoxy) is 1. The van der Waals surface area contributed by atoms with Crippen molar-refractivity contribution in [2.45, 2.75) is 26.4 Å². The van der Waals surface area contributed by atoms with E-state index < -0.39 is 5.60 Å². The van der Waals surface area contributed by atoms with E-state index in [-0.39, 0.29) is 0 Å². The number of rotatable bonds is 3. The SMILES string of the molecule is CCOC1(c2c(C)cccc2C)c2ccccc2-c2ccccc21. The third kappa shape index (κ3) is 1.91. The van der Waals surface area contributed by atoms with E-state index in [1.54, 1.807) is 0 Å². The first-order chi connectivity index (χ1) is 11.7. The number of aryl methyl sites for hydroxylation is 2. The summed E-state index contributed by atoms with van der Waals surface area (Å²) in [5, 5.41) is 0. The largest absolute Gasteiger partial charge is 0.361 e. The Kier molecular flexibility index (Phi) is 3.54. The Balaban J connectivity index is 2.16. The standard InChI is InChI=1S/C23H22O/c1-4-24-23(22-16(2)10-9-11-17(22)3)20-14-7-5-12-18(20)19-13-6-8-15-21(19)23/h5-15H,4H2,1-3H3. The zero-order valence-electron chi connectivity index (χ0n) is 14.5. The smallest absolute Gasteiger partial charge is 0.145 e. The molecule has 0 N–H and O–H groups in total. The van der Waals surface area contributed by atoms with E-state index in [2.05, 4.69) is 87.5 Å². The van der Waals surface area contributed by atoms with Crippen LogP contribution in [0.15, 0.2) is 66.7 Å². The Morgan fingerprint density at radius 1 is 0.708 bits per heavy atom. The normalized spacial score (nSPS) is 14.3. The minimum atomic E-state index is -0.517. The van der Waals surface area contributed by atoms with Crippen LogP contribution in [0.25, 0.3) is 11.1 Å². The van der Waals surface area contributed by atoms with Crippen molar-refractivity contribution in [3.05, 3.63) is 94.5 Å².